The van der Waals surface area contributed by atoms with E-state index >= 15 is 0 Å². The lowest BCUT2D eigenvalue weighted by molar-refractivity contribution is -0.138. The van der Waals surface area contributed by atoms with Crippen molar-refractivity contribution in [1.82, 2.24) is 0 Å². The van der Waals surface area contributed by atoms with Gasteiger partial charge in [0.1, 0.15) is 28.7 Å². The van der Waals surface area contributed by atoms with Crippen LogP contribution in [0.5, 0.6) is 5.75 Å². The lowest BCUT2D eigenvalue weighted by Gasteiger charge is -2.06. The van der Waals surface area contributed by atoms with Gasteiger partial charge in [0.2, 0.25) is 0 Å². The van der Waals surface area contributed by atoms with Gasteiger partial charge in [0.15, 0.2) is 0 Å². The number of carbonyl (C=O) groups is 2. The highest BCUT2D eigenvalue weighted by Gasteiger charge is 2.34. The second-order valence-electron chi connectivity index (χ2n) is 7.60. The van der Waals surface area contributed by atoms with Crippen molar-refractivity contribution in [3.8, 4) is 5.75 Å². The fraction of sp³-hybridized carbons (Fsp3) is 0.107. The number of ether oxygens (including phenoxy) is 2. The number of esters is 1. The van der Waals surface area contributed by atoms with E-state index in [1.165, 1.54) is 0 Å². The molecular formula is C28H22ClNO5S. The maximum atomic E-state index is 12.7. The molecule has 1 aliphatic rings. The molecule has 36 heavy (non-hydrogen) atoms. The molecule has 0 aliphatic carbocycles. The van der Waals surface area contributed by atoms with Crippen LogP contribution in [0.1, 0.15) is 28.4 Å². The molecule has 6 nitrogen and oxygen atoms in total. The fourth-order valence-corrected chi connectivity index (χ4v) is 4.56. The molecule has 0 saturated carbocycles. The van der Waals surface area contributed by atoms with Crippen LogP contribution in [-0.2, 0) is 16.1 Å². The number of nitrogens with zero attached hydrogens (tertiary/aromatic N) is 1. The Balaban J connectivity index is 1.57. The summed E-state index contributed by atoms with van der Waals surface area (Å²) < 4.78 is 10.9. The van der Waals surface area contributed by atoms with Crippen molar-refractivity contribution in [3.63, 3.8) is 0 Å². The van der Waals surface area contributed by atoms with E-state index in [-0.39, 0.29) is 33.6 Å². The molecule has 0 fully saturated rings. The molecule has 1 heterocycles. The van der Waals surface area contributed by atoms with Gasteiger partial charge in [-0.25, -0.2) is 9.79 Å². The predicted octanol–water partition coefficient (Wildman–Crippen LogP) is 6.62. The van der Waals surface area contributed by atoms with Crippen LogP contribution in [0.25, 0.3) is 6.08 Å². The van der Waals surface area contributed by atoms with E-state index in [2.05, 4.69) is 4.99 Å². The number of hydrogen-bond acceptors (Lipinski definition) is 6. The molecule has 3 aromatic carbocycles. The van der Waals surface area contributed by atoms with Gasteiger partial charge in [-0.15, -0.1) is 0 Å². The minimum absolute atomic E-state index is 0.0462. The van der Waals surface area contributed by atoms with Gasteiger partial charge >= 0.3 is 5.97 Å². The normalized spacial score (nSPS) is 15.4. The standard InChI is InChI=1S/C28H22ClNO5S/c1-2-34-28(33)24-25(31)23(36-27(24)30-26(32)21-10-6-7-11-22(21)29)16-18-12-14-20(15-13-18)35-17-19-8-4-3-5-9-19/h3-16,31H,2,17H2,1H3/b23-16-,30-27?. The molecule has 182 valence electrons. The van der Waals surface area contributed by atoms with Gasteiger partial charge in [0, 0.05) is 0 Å². The van der Waals surface area contributed by atoms with Gasteiger partial charge in [-0.3, -0.25) is 4.79 Å². The van der Waals surface area contributed by atoms with Crippen LogP contribution < -0.4 is 4.74 Å². The molecule has 1 aliphatic heterocycles. The molecule has 1 amide bonds. The van der Waals surface area contributed by atoms with Crippen molar-refractivity contribution >= 4 is 46.4 Å². The maximum absolute atomic E-state index is 12.7. The predicted molar refractivity (Wildman–Crippen MR) is 142 cm³/mol. The van der Waals surface area contributed by atoms with Gasteiger partial charge in [-0.05, 0) is 48.4 Å². The van der Waals surface area contributed by atoms with E-state index in [9.17, 15) is 14.7 Å². The first-order valence-electron chi connectivity index (χ1n) is 11.1. The average Bonchev–Trinajstić information content (AvgIpc) is 3.18. The lowest BCUT2D eigenvalue weighted by Crippen LogP contribution is -2.14. The Labute approximate surface area is 217 Å². The maximum Gasteiger partial charge on any atom is 0.344 e. The number of benzene rings is 3. The van der Waals surface area contributed by atoms with Gasteiger partial charge in [0.05, 0.1) is 22.1 Å². The van der Waals surface area contributed by atoms with Crippen LogP contribution in [0.4, 0.5) is 0 Å². The highest BCUT2D eigenvalue weighted by atomic mass is 35.5. The van der Waals surface area contributed by atoms with E-state index in [0.717, 1.165) is 22.9 Å². The fourth-order valence-electron chi connectivity index (χ4n) is 3.33. The monoisotopic (exact) mass is 519 g/mol. The summed E-state index contributed by atoms with van der Waals surface area (Å²) in [7, 11) is 0. The van der Waals surface area contributed by atoms with Crippen LogP contribution >= 0.6 is 23.4 Å². The van der Waals surface area contributed by atoms with Crippen molar-refractivity contribution in [3.05, 3.63) is 117 Å². The van der Waals surface area contributed by atoms with Gasteiger partial charge in [-0.1, -0.05) is 78.0 Å². The van der Waals surface area contributed by atoms with Crippen LogP contribution in [0.2, 0.25) is 5.02 Å². The van der Waals surface area contributed by atoms with Crippen LogP contribution in [0.3, 0.4) is 0 Å². The topological polar surface area (TPSA) is 85.2 Å². The molecule has 0 unspecified atom stereocenters. The summed E-state index contributed by atoms with van der Waals surface area (Å²) in [5.41, 5.74) is 1.86. The first-order valence-corrected chi connectivity index (χ1v) is 12.3. The summed E-state index contributed by atoms with van der Waals surface area (Å²) in [5.74, 6) is -0.992. The van der Waals surface area contributed by atoms with Gasteiger partial charge < -0.3 is 14.6 Å². The summed E-state index contributed by atoms with van der Waals surface area (Å²) in [4.78, 5) is 29.8. The molecule has 4 rings (SSSR count). The smallest absolute Gasteiger partial charge is 0.344 e. The number of hydrogen-bond donors (Lipinski definition) is 1. The van der Waals surface area contributed by atoms with Gasteiger partial charge in [0.25, 0.3) is 5.91 Å². The van der Waals surface area contributed by atoms with Crippen LogP contribution in [0.15, 0.2) is 100 Å². The summed E-state index contributed by atoms with van der Waals surface area (Å²) >= 11 is 7.12. The number of thioether (sulfide) groups is 1. The summed E-state index contributed by atoms with van der Waals surface area (Å²) in [6, 6.07) is 23.6. The Morgan fingerprint density at radius 1 is 1.00 bits per heavy atom. The second kappa shape index (κ2) is 11.7. The van der Waals surface area contributed by atoms with Crippen LogP contribution in [0, 0.1) is 0 Å². The minimum atomic E-state index is -0.763. The van der Waals surface area contributed by atoms with Crippen molar-refractivity contribution in [2.45, 2.75) is 13.5 Å². The Bertz CT molecular complexity index is 1360. The van der Waals surface area contributed by atoms with Crippen molar-refractivity contribution in [1.29, 1.82) is 0 Å². The zero-order valence-electron chi connectivity index (χ0n) is 19.3. The van der Waals surface area contributed by atoms with Crippen molar-refractivity contribution < 1.29 is 24.2 Å². The summed E-state index contributed by atoms with van der Waals surface area (Å²) in [6.07, 6.45) is 1.70. The first-order chi connectivity index (χ1) is 17.5. The molecule has 1 N–H and O–H groups in total. The average molecular weight is 520 g/mol. The number of halogens is 1. The third kappa shape index (κ3) is 6.05. The molecule has 3 aromatic rings. The second-order valence-corrected chi connectivity index (χ2v) is 9.04. The number of carbonyl (C=O) groups excluding carboxylic acids is 2. The van der Waals surface area contributed by atoms with E-state index in [1.54, 1.807) is 37.3 Å². The van der Waals surface area contributed by atoms with E-state index in [1.807, 2.05) is 54.6 Å². The quantitative estimate of drug-likeness (QED) is 0.353. The molecular weight excluding hydrogens is 498 g/mol. The number of aliphatic imine (C=N–C) groups is 1. The summed E-state index contributed by atoms with van der Waals surface area (Å²) in [5, 5.41) is 11.1. The van der Waals surface area contributed by atoms with Gasteiger partial charge in [-0.2, -0.15) is 0 Å². The highest BCUT2D eigenvalue weighted by Crippen LogP contribution is 2.39. The molecule has 8 heteroatoms. The first kappa shape index (κ1) is 25.3. The van der Waals surface area contributed by atoms with Crippen molar-refractivity contribution in [2.24, 2.45) is 4.99 Å². The third-order valence-electron chi connectivity index (χ3n) is 5.10. The Morgan fingerprint density at radius 3 is 2.39 bits per heavy atom. The highest BCUT2D eigenvalue weighted by molar-refractivity contribution is 8.18. The molecule has 0 spiro atoms. The zero-order chi connectivity index (χ0) is 25.5. The number of aliphatic hydroxyl groups is 1. The van der Waals surface area contributed by atoms with E-state index in [4.69, 9.17) is 21.1 Å². The lowest BCUT2D eigenvalue weighted by atomic mass is 10.1. The number of rotatable bonds is 7. The van der Waals surface area contributed by atoms with E-state index in [0.29, 0.717) is 17.3 Å². The zero-order valence-corrected chi connectivity index (χ0v) is 20.9. The Morgan fingerprint density at radius 2 is 1.69 bits per heavy atom. The van der Waals surface area contributed by atoms with Crippen molar-refractivity contribution in [2.75, 3.05) is 6.61 Å². The molecule has 0 atom stereocenters. The number of aliphatic hydroxyl groups excluding tert-OH is 1. The Kier molecular flexibility index (Phi) is 8.25. The molecule has 0 saturated heterocycles. The summed E-state index contributed by atoms with van der Waals surface area (Å²) in [6.45, 7) is 2.21. The largest absolute Gasteiger partial charge is 0.506 e. The minimum Gasteiger partial charge on any atom is -0.506 e. The third-order valence-corrected chi connectivity index (χ3v) is 6.45. The SMILES string of the molecule is CCOC(=O)C1=C(O)/C(=C/c2ccc(OCc3ccccc3)cc2)SC1=NC(=O)c1ccccc1Cl. The number of amides is 1. The van der Waals surface area contributed by atoms with Crippen LogP contribution in [-0.4, -0.2) is 28.6 Å². The molecule has 0 aromatic heterocycles. The van der Waals surface area contributed by atoms with E-state index < -0.39 is 11.9 Å². The Hall–Kier alpha value is -3.81. The molecule has 0 radical (unpaired) electrons. The molecule has 0 bridgehead atoms.